The topological polar surface area (TPSA) is 34.8 Å². The van der Waals surface area contributed by atoms with E-state index in [-0.39, 0.29) is 0 Å². The highest BCUT2D eigenvalue weighted by atomic mass is 16.5. The van der Waals surface area contributed by atoms with Crippen molar-refractivity contribution in [2.75, 3.05) is 39.5 Å². The smallest absolute Gasteiger partial charge is 0.137 e. The van der Waals surface area contributed by atoms with E-state index in [0.29, 0.717) is 6.61 Å². The first kappa shape index (κ1) is 13.2. The van der Waals surface area contributed by atoms with Crippen molar-refractivity contribution in [1.82, 2.24) is 4.90 Å². The van der Waals surface area contributed by atoms with Gasteiger partial charge in [-0.1, -0.05) is 12.1 Å². The number of hydrogen-bond acceptors (Lipinski definition) is 4. The Kier molecular flexibility index (Phi) is 4.35. The number of nitrogens with zero attached hydrogens (tertiary/aromatic N) is 1. The minimum atomic E-state index is 0.678. The molecule has 1 aliphatic rings. The molecule has 1 aromatic carbocycles. The number of hydrogen-bond donors (Lipinski definition) is 0. The van der Waals surface area contributed by atoms with Gasteiger partial charge in [0.1, 0.15) is 18.1 Å². The molecule has 3 rings (SSSR count). The first-order chi connectivity index (χ1) is 9.93. The van der Waals surface area contributed by atoms with Crippen LogP contribution in [-0.4, -0.2) is 44.4 Å². The molecule has 0 saturated carbocycles. The highest BCUT2D eigenvalue weighted by Crippen LogP contribution is 2.29. The summed E-state index contributed by atoms with van der Waals surface area (Å²) in [5, 5.41) is 0. The van der Waals surface area contributed by atoms with Crippen LogP contribution in [0.4, 0.5) is 0 Å². The van der Waals surface area contributed by atoms with Gasteiger partial charge in [-0.15, -0.1) is 0 Å². The van der Waals surface area contributed by atoms with Gasteiger partial charge in [0, 0.05) is 19.6 Å². The minimum absolute atomic E-state index is 0.678. The highest BCUT2D eigenvalue weighted by molar-refractivity contribution is 5.65. The van der Waals surface area contributed by atoms with E-state index >= 15 is 0 Å². The van der Waals surface area contributed by atoms with Gasteiger partial charge < -0.3 is 13.9 Å². The summed E-state index contributed by atoms with van der Waals surface area (Å²) in [4.78, 5) is 2.36. The van der Waals surface area contributed by atoms with Crippen molar-refractivity contribution in [3.63, 3.8) is 0 Å². The van der Waals surface area contributed by atoms with Crippen LogP contribution in [0.25, 0.3) is 11.3 Å². The molecule has 1 aliphatic heterocycles. The Labute approximate surface area is 118 Å². The zero-order valence-electron chi connectivity index (χ0n) is 11.5. The number of furan rings is 1. The lowest BCUT2D eigenvalue weighted by Gasteiger charge is -2.26. The van der Waals surface area contributed by atoms with Crippen molar-refractivity contribution in [1.29, 1.82) is 0 Å². The molecular formula is C16H19NO3. The van der Waals surface area contributed by atoms with Gasteiger partial charge in [0.15, 0.2) is 0 Å². The van der Waals surface area contributed by atoms with Gasteiger partial charge in [0.25, 0.3) is 0 Å². The zero-order chi connectivity index (χ0) is 13.6. The Morgan fingerprint density at radius 3 is 2.70 bits per heavy atom. The molecule has 0 unspecified atom stereocenters. The molecule has 2 aromatic rings. The van der Waals surface area contributed by atoms with Gasteiger partial charge in [-0.05, 0) is 24.3 Å². The molecule has 4 nitrogen and oxygen atoms in total. The van der Waals surface area contributed by atoms with E-state index in [9.17, 15) is 0 Å². The molecule has 4 heteroatoms. The van der Waals surface area contributed by atoms with Crippen LogP contribution in [0.15, 0.2) is 47.1 Å². The Bertz CT molecular complexity index is 518. The van der Waals surface area contributed by atoms with Crippen LogP contribution >= 0.6 is 0 Å². The number of ether oxygens (including phenoxy) is 2. The number of morpholine rings is 1. The van der Waals surface area contributed by atoms with Gasteiger partial charge in [-0.2, -0.15) is 0 Å². The molecule has 1 fully saturated rings. The van der Waals surface area contributed by atoms with E-state index in [4.69, 9.17) is 13.9 Å². The SMILES string of the molecule is c1coc(-c2ccccc2OCCN2CCOCC2)c1. The minimum Gasteiger partial charge on any atom is -0.491 e. The average Bonchev–Trinajstić information content (AvgIpc) is 3.03. The fourth-order valence-corrected chi connectivity index (χ4v) is 2.34. The van der Waals surface area contributed by atoms with Crippen molar-refractivity contribution >= 4 is 0 Å². The van der Waals surface area contributed by atoms with Crippen molar-refractivity contribution < 1.29 is 13.9 Å². The summed E-state index contributed by atoms with van der Waals surface area (Å²) in [5.41, 5.74) is 1.000. The van der Waals surface area contributed by atoms with Crippen LogP contribution in [0.5, 0.6) is 5.75 Å². The maximum absolute atomic E-state index is 5.92. The summed E-state index contributed by atoms with van der Waals surface area (Å²) in [6, 6.07) is 11.8. The molecule has 0 N–H and O–H groups in total. The summed E-state index contributed by atoms with van der Waals surface area (Å²) in [6.45, 7) is 5.23. The van der Waals surface area contributed by atoms with Gasteiger partial charge in [0.2, 0.25) is 0 Å². The summed E-state index contributed by atoms with van der Waals surface area (Å²) in [7, 11) is 0. The van der Waals surface area contributed by atoms with Gasteiger partial charge in [-0.3, -0.25) is 4.90 Å². The Morgan fingerprint density at radius 1 is 1.05 bits per heavy atom. The Balaban J connectivity index is 1.60. The zero-order valence-corrected chi connectivity index (χ0v) is 11.5. The lowest BCUT2D eigenvalue weighted by Crippen LogP contribution is -2.38. The van der Waals surface area contributed by atoms with Crippen molar-refractivity contribution in [3.05, 3.63) is 42.7 Å². The van der Waals surface area contributed by atoms with E-state index in [1.807, 2.05) is 36.4 Å². The summed E-state index contributed by atoms with van der Waals surface area (Å²) < 4.78 is 16.7. The van der Waals surface area contributed by atoms with Crippen LogP contribution in [-0.2, 0) is 4.74 Å². The lowest BCUT2D eigenvalue weighted by molar-refractivity contribution is 0.0323. The maximum Gasteiger partial charge on any atom is 0.137 e. The van der Waals surface area contributed by atoms with E-state index < -0.39 is 0 Å². The third-order valence-corrected chi connectivity index (χ3v) is 3.44. The summed E-state index contributed by atoms with van der Waals surface area (Å²) >= 11 is 0. The molecule has 0 spiro atoms. The predicted molar refractivity (Wildman–Crippen MR) is 76.9 cm³/mol. The molecule has 0 bridgehead atoms. The molecular weight excluding hydrogens is 254 g/mol. The standard InChI is InChI=1S/C16H19NO3/c1-2-5-15(14(4-1)16-6-3-10-19-16)20-13-9-17-7-11-18-12-8-17/h1-6,10H,7-9,11-13H2. The molecule has 1 saturated heterocycles. The molecule has 2 heterocycles. The monoisotopic (exact) mass is 273 g/mol. The fourth-order valence-electron chi connectivity index (χ4n) is 2.34. The van der Waals surface area contributed by atoms with Crippen molar-refractivity contribution in [2.24, 2.45) is 0 Å². The second-order valence-corrected chi connectivity index (χ2v) is 4.78. The van der Waals surface area contributed by atoms with Gasteiger partial charge in [-0.25, -0.2) is 0 Å². The largest absolute Gasteiger partial charge is 0.491 e. The molecule has 1 aromatic heterocycles. The second-order valence-electron chi connectivity index (χ2n) is 4.78. The van der Waals surface area contributed by atoms with Gasteiger partial charge >= 0.3 is 0 Å². The third kappa shape index (κ3) is 3.21. The van der Waals surface area contributed by atoms with Crippen LogP contribution in [0, 0.1) is 0 Å². The van der Waals surface area contributed by atoms with Gasteiger partial charge in [0.05, 0.1) is 25.0 Å². The fraction of sp³-hybridized carbons (Fsp3) is 0.375. The van der Waals surface area contributed by atoms with Crippen LogP contribution in [0.2, 0.25) is 0 Å². The summed E-state index contributed by atoms with van der Waals surface area (Å²) in [6.07, 6.45) is 1.68. The van der Waals surface area contributed by atoms with Crippen LogP contribution in [0.1, 0.15) is 0 Å². The maximum atomic E-state index is 5.92. The van der Waals surface area contributed by atoms with Crippen LogP contribution in [0.3, 0.4) is 0 Å². The molecule has 20 heavy (non-hydrogen) atoms. The second kappa shape index (κ2) is 6.59. The normalized spacial score (nSPS) is 16.2. The number of para-hydroxylation sites is 1. The molecule has 0 atom stereocenters. The molecule has 0 radical (unpaired) electrons. The lowest BCUT2D eigenvalue weighted by atomic mass is 10.1. The predicted octanol–water partition coefficient (Wildman–Crippen LogP) is 2.66. The third-order valence-electron chi connectivity index (χ3n) is 3.44. The molecule has 0 amide bonds. The first-order valence-electron chi connectivity index (χ1n) is 6.99. The number of rotatable bonds is 5. The van der Waals surface area contributed by atoms with E-state index in [0.717, 1.165) is 49.9 Å². The van der Waals surface area contributed by atoms with Crippen LogP contribution < -0.4 is 4.74 Å². The summed E-state index contributed by atoms with van der Waals surface area (Å²) in [5.74, 6) is 1.71. The van der Waals surface area contributed by atoms with E-state index in [1.165, 1.54) is 0 Å². The Morgan fingerprint density at radius 2 is 1.90 bits per heavy atom. The molecule has 0 aliphatic carbocycles. The molecule has 106 valence electrons. The first-order valence-corrected chi connectivity index (χ1v) is 6.99. The highest BCUT2D eigenvalue weighted by Gasteiger charge is 2.11. The van der Waals surface area contributed by atoms with Crippen molar-refractivity contribution in [3.8, 4) is 17.1 Å². The quantitative estimate of drug-likeness (QED) is 0.839. The van der Waals surface area contributed by atoms with Crippen molar-refractivity contribution in [2.45, 2.75) is 0 Å². The number of benzene rings is 1. The Hall–Kier alpha value is -1.78. The van der Waals surface area contributed by atoms with E-state index in [2.05, 4.69) is 4.90 Å². The average molecular weight is 273 g/mol. The van der Waals surface area contributed by atoms with E-state index in [1.54, 1.807) is 6.26 Å².